The molecule has 3 aromatic rings. The van der Waals surface area contributed by atoms with Crippen molar-refractivity contribution in [2.24, 2.45) is 0 Å². The fourth-order valence-corrected chi connectivity index (χ4v) is 3.42. The summed E-state index contributed by atoms with van der Waals surface area (Å²) >= 11 is 0. The summed E-state index contributed by atoms with van der Waals surface area (Å²) < 4.78 is 5.42. The Morgan fingerprint density at radius 3 is 2.61 bits per heavy atom. The number of ether oxygens (including phenoxy) is 1. The van der Waals surface area contributed by atoms with Crippen LogP contribution in [0.2, 0.25) is 0 Å². The van der Waals surface area contributed by atoms with Gasteiger partial charge in [0, 0.05) is 18.5 Å². The zero-order valence-corrected chi connectivity index (χ0v) is 15.7. The largest absolute Gasteiger partial charge is 0.378 e. The molecule has 2 heterocycles. The van der Waals surface area contributed by atoms with E-state index in [-0.39, 0.29) is 17.9 Å². The van der Waals surface area contributed by atoms with Gasteiger partial charge in [0.05, 0.1) is 25.0 Å². The zero-order valence-electron chi connectivity index (χ0n) is 15.7. The third kappa shape index (κ3) is 3.75. The highest BCUT2D eigenvalue weighted by molar-refractivity contribution is 5.92. The monoisotopic (exact) mass is 378 g/mol. The van der Waals surface area contributed by atoms with Crippen LogP contribution in [-0.4, -0.2) is 42.1 Å². The van der Waals surface area contributed by atoms with Gasteiger partial charge >= 0.3 is 0 Å². The molecule has 1 fully saturated rings. The van der Waals surface area contributed by atoms with Crippen LogP contribution in [0.3, 0.4) is 0 Å². The lowest BCUT2D eigenvalue weighted by molar-refractivity contribution is -0.116. The first-order valence-electron chi connectivity index (χ1n) is 9.32. The lowest BCUT2D eigenvalue weighted by atomic mass is 10.1. The first-order valence-corrected chi connectivity index (χ1v) is 9.32. The Kier molecular flexibility index (Phi) is 5.08. The maximum atomic E-state index is 12.8. The molecule has 0 radical (unpaired) electrons. The molecule has 1 aliphatic rings. The first-order chi connectivity index (χ1) is 13.6. The minimum absolute atomic E-state index is 0.176. The average Bonchev–Trinajstić information content (AvgIpc) is 2.71. The summed E-state index contributed by atoms with van der Waals surface area (Å²) in [6.07, 6.45) is 0.176. The predicted molar refractivity (Wildman–Crippen MR) is 108 cm³/mol. The lowest BCUT2D eigenvalue weighted by Crippen LogP contribution is -2.41. The van der Waals surface area contributed by atoms with E-state index in [1.165, 1.54) is 0 Å². The van der Waals surface area contributed by atoms with Crippen molar-refractivity contribution in [3.63, 3.8) is 0 Å². The summed E-state index contributed by atoms with van der Waals surface area (Å²) in [5, 5.41) is 5.77. The number of anilines is 1. The number of aromatic nitrogens is 2. The molecule has 0 bridgehead atoms. The fourth-order valence-electron chi connectivity index (χ4n) is 3.42. The normalized spacial score (nSPS) is 14.2. The van der Waals surface area contributed by atoms with Gasteiger partial charge in [0.15, 0.2) is 5.82 Å². The molecule has 2 aromatic carbocycles. The van der Waals surface area contributed by atoms with Gasteiger partial charge in [-0.25, -0.2) is 5.43 Å². The van der Waals surface area contributed by atoms with Crippen molar-refractivity contribution in [1.29, 1.82) is 0 Å². The van der Waals surface area contributed by atoms with Crippen LogP contribution in [0.5, 0.6) is 0 Å². The molecule has 1 saturated heterocycles. The van der Waals surface area contributed by atoms with Crippen molar-refractivity contribution >= 4 is 22.5 Å². The van der Waals surface area contributed by atoms with Crippen LogP contribution in [0.1, 0.15) is 11.1 Å². The molecule has 0 saturated carbocycles. The highest BCUT2D eigenvalue weighted by Crippen LogP contribution is 2.22. The van der Waals surface area contributed by atoms with Crippen molar-refractivity contribution in [2.75, 3.05) is 36.6 Å². The van der Waals surface area contributed by atoms with Gasteiger partial charge in [-0.1, -0.05) is 48.0 Å². The van der Waals surface area contributed by atoms with Gasteiger partial charge < -0.3 is 9.64 Å². The number of carbonyl (C=O) groups is 1. The number of aryl methyl sites for hydroxylation is 1. The van der Waals surface area contributed by atoms with E-state index in [9.17, 15) is 9.59 Å². The van der Waals surface area contributed by atoms with Gasteiger partial charge in [0.1, 0.15) is 0 Å². The van der Waals surface area contributed by atoms with Crippen molar-refractivity contribution < 1.29 is 9.53 Å². The van der Waals surface area contributed by atoms with Gasteiger partial charge in [-0.2, -0.15) is 0 Å². The summed E-state index contributed by atoms with van der Waals surface area (Å²) in [5.74, 6) is 0.387. The second kappa shape index (κ2) is 7.82. The first kappa shape index (κ1) is 18.2. The Morgan fingerprint density at radius 2 is 1.86 bits per heavy atom. The number of nitrogens with one attached hydrogen (secondary N) is 1. The molecule has 4 rings (SSSR count). The number of fused-ring (bicyclic) bond motifs is 1. The third-order valence-electron chi connectivity index (χ3n) is 4.77. The summed E-state index contributed by atoms with van der Waals surface area (Å²) in [6.45, 7) is 4.56. The van der Waals surface area contributed by atoms with Crippen molar-refractivity contribution in [1.82, 2.24) is 9.89 Å². The van der Waals surface area contributed by atoms with Crippen LogP contribution in [0.25, 0.3) is 10.8 Å². The molecule has 7 heteroatoms. The highest BCUT2D eigenvalue weighted by atomic mass is 16.5. The fraction of sp³-hybridized carbons (Fsp3) is 0.286. The van der Waals surface area contributed by atoms with E-state index < -0.39 is 0 Å². The summed E-state index contributed by atoms with van der Waals surface area (Å²) in [6, 6.07) is 15.1. The molecular formula is C21H22N4O3. The van der Waals surface area contributed by atoms with Crippen LogP contribution in [0.4, 0.5) is 5.82 Å². The predicted octanol–water partition coefficient (Wildman–Crippen LogP) is 1.85. The number of rotatable bonds is 4. The van der Waals surface area contributed by atoms with Gasteiger partial charge in [-0.15, -0.1) is 9.89 Å². The van der Waals surface area contributed by atoms with Gasteiger partial charge in [-0.3, -0.25) is 9.59 Å². The van der Waals surface area contributed by atoms with Crippen molar-refractivity contribution in [2.45, 2.75) is 13.3 Å². The number of amides is 1. The van der Waals surface area contributed by atoms with Gasteiger partial charge in [0.2, 0.25) is 5.91 Å². The number of benzene rings is 2. The quantitative estimate of drug-likeness (QED) is 0.750. The Hall–Kier alpha value is -3.19. The van der Waals surface area contributed by atoms with Crippen LogP contribution >= 0.6 is 0 Å². The number of carbonyl (C=O) groups excluding carboxylic acids is 1. The van der Waals surface area contributed by atoms with Crippen LogP contribution in [0, 0.1) is 6.92 Å². The molecular weight excluding hydrogens is 356 g/mol. The molecule has 0 aliphatic carbocycles. The van der Waals surface area contributed by atoms with Crippen molar-refractivity contribution in [3.05, 3.63) is 70.0 Å². The average molecular weight is 378 g/mol. The molecule has 1 N–H and O–H groups in total. The number of nitrogens with zero attached hydrogens (tertiary/aromatic N) is 3. The summed E-state index contributed by atoms with van der Waals surface area (Å²) in [5.41, 5.74) is 4.28. The molecule has 0 unspecified atom stereocenters. The second-order valence-corrected chi connectivity index (χ2v) is 6.89. The molecule has 0 spiro atoms. The molecule has 7 nitrogen and oxygen atoms in total. The highest BCUT2D eigenvalue weighted by Gasteiger charge is 2.19. The van der Waals surface area contributed by atoms with E-state index in [4.69, 9.17) is 4.74 Å². The molecule has 144 valence electrons. The standard InChI is InChI=1S/C21H22N4O3/c1-15-5-4-6-16(13-15)14-19(26)22-25-21(27)18-8-3-2-7-17(18)20(23-25)24-9-11-28-12-10-24/h2-8,13H,9-12,14H2,1H3,(H,22,26). The van der Waals surface area contributed by atoms with Crippen LogP contribution in [-0.2, 0) is 16.0 Å². The van der Waals surface area contributed by atoms with E-state index in [2.05, 4.69) is 15.4 Å². The molecule has 1 aromatic heterocycles. The topological polar surface area (TPSA) is 76.5 Å². The molecule has 0 atom stereocenters. The summed E-state index contributed by atoms with van der Waals surface area (Å²) in [7, 11) is 0. The third-order valence-corrected chi connectivity index (χ3v) is 4.77. The van der Waals surface area contributed by atoms with Crippen LogP contribution in [0.15, 0.2) is 53.3 Å². The zero-order chi connectivity index (χ0) is 19.5. The minimum atomic E-state index is -0.342. The SMILES string of the molecule is Cc1cccc(CC(=O)Nn2nc(N3CCOCC3)c3ccccc3c2=O)c1. The smallest absolute Gasteiger partial charge is 0.294 e. The lowest BCUT2D eigenvalue weighted by Gasteiger charge is -2.29. The number of hydrogen-bond donors (Lipinski definition) is 1. The van der Waals surface area contributed by atoms with Gasteiger partial charge in [0.25, 0.3) is 5.56 Å². The number of hydrogen-bond acceptors (Lipinski definition) is 5. The van der Waals surface area contributed by atoms with Crippen LogP contribution < -0.4 is 15.9 Å². The summed E-state index contributed by atoms with van der Waals surface area (Å²) in [4.78, 5) is 28.5. The maximum absolute atomic E-state index is 12.8. The molecule has 1 amide bonds. The second-order valence-electron chi connectivity index (χ2n) is 6.89. The van der Waals surface area contributed by atoms with E-state index >= 15 is 0 Å². The Labute approximate surface area is 162 Å². The molecule has 28 heavy (non-hydrogen) atoms. The Balaban J connectivity index is 1.67. The minimum Gasteiger partial charge on any atom is -0.378 e. The Morgan fingerprint density at radius 1 is 1.11 bits per heavy atom. The Bertz CT molecular complexity index is 1070. The van der Waals surface area contributed by atoms with E-state index in [0.29, 0.717) is 37.5 Å². The van der Waals surface area contributed by atoms with Gasteiger partial charge in [-0.05, 0) is 18.6 Å². The van der Waals surface area contributed by atoms with E-state index in [0.717, 1.165) is 21.3 Å². The van der Waals surface area contributed by atoms with Crippen molar-refractivity contribution in [3.8, 4) is 0 Å². The van der Waals surface area contributed by atoms with E-state index in [1.54, 1.807) is 6.07 Å². The number of morpholine rings is 1. The maximum Gasteiger partial charge on any atom is 0.294 e. The molecule has 1 aliphatic heterocycles. The van der Waals surface area contributed by atoms with E-state index in [1.807, 2.05) is 49.4 Å².